The molecular formula is C9H17NO4Si. The van der Waals surface area contributed by atoms with Gasteiger partial charge >= 0.3 is 12.0 Å². The minimum Gasteiger partial charge on any atom is -0.515 e. The van der Waals surface area contributed by atoms with Crippen molar-refractivity contribution < 1.29 is 14.1 Å². The summed E-state index contributed by atoms with van der Waals surface area (Å²) in [6.45, 7) is 7.20. The summed E-state index contributed by atoms with van der Waals surface area (Å²) in [4.78, 5) is 21.5. The smallest absolute Gasteiger partial charge is 0.368 e. The summed E-state index contributed by atoms with van der Waals surface area (Å²) in [5.74, 6) is -0.725. The third-order valence-corrected chi connectivity index (χ3v) is 2.34. The summed E-state index contributed by atoms with van der Waals surface area (Å²) in [5, 5.41) is 10.6. The average molecular weight is 231 g/mol. The molecule has 0 saturated carbocycles. The topological polar surface area (TPSA) is 69.4 Å². The lowest BCUT2D eigenvalue weighted by Crippen LogP contribution is -2.38. The van der Waals surface area contributed by atoms with Crippen molar-refractivity contribution in [3.63, 3.8) is 0 Å². The molecule has 0 spiro atoms. The Morgan fingerprint density at radius 2 is 2.07 bits per heavy atom. The van der Waals surface area contributed by atoms with Crippen LogP contribution in [0, 0.1) is 10.1 Å². The maximum absolute atomic E-state index is 11.4. The summed E-state index contributed by atoms with van der Waals surface area (Å²) >= 11 is 0. The Balaban J connectivity index is 4.50. The fourth-order valence-electron chi connectivity index (χ4n) is 0.903. The molecule has 1 unspecified atom stereocenters. The molecule has 0 fully saturated rings. The Bertz CT molecular complexity index is 270. The van der Waals surface area contributed by atoms with E-state index in [9.17, 15) is 14.9 Å². The van der Waals surface area contributed by atoms with Gasteiger partial charge < -0.3 is 4.43 Å². The molecule has 0 N–H and O–H groups in total. The van der Waals surface area contributed by atoms with Gasteiger partial charge in [0, 0.05) is 11.3 Å². The number of nitrogens with zero attached hydrogens (tertiary/aromatic N) is 1. The maximum Gasteiger partial charge on any atom is 0.368 e. The van der Waals surface area contributed by atoms with Crippen molar-refractivity contribution >= 4 is 14.3 Å². The normalized spacial score (nSPS) is 13.9. The lowest BCUT2D eigenvalue weighted by Gasteiger charge is -2.18. The van der Waals surface area contributed by atoms with Crippen LogP contribution in [0.15, 0.2) is 12.2 Å². The van der Waals surface area contributed by atoms with Gasteiger partial charge in [-0.3, -0.25) is 10.1 Å². The SMILES string of the molecule is C/C=C/CC(C(=O)O[Si](C)(C)C)[N+](=O)[O-]. The van der Waals surface area contributed by atoms with Gasteiger partial charge in [-0.2, -0.15) is 0 Å². The predicted octanol–water partition coefficient (Wildman–Crippen LogP) is 1.98. The highest BCUT2D eigenvalue weighted by atomic mass is 28.4. The van der Waals surface area contributed by atoms with E-state index in [-0.39, 0.29) is 6.42 Å². The summed E-state index contributed by atoms with van der Waals surface area (Å²) in [5.41, 5.74) is 0. The van der Waals surface area contributed by atoms with Gasteiger partial charge in [0.25, 0.3) is 0 Å². The second-order valence-electron chi connectivity index (χ2n) is 4.14. The third kappa shape index (κ3) is 6.00. The molecular weight excluding hydrogens is 214 g/mol. The van der Waals surface area contributed by atoms with Crippen molar-refractivity contribution in [1.29, 1.82) is 0 Å². The fraction of sp³-hybridized carbons (Fsp3) is 0.667. The molecule has 0 aromatic heterocycles. The molecule has 0 saturated heterocycles. The van der Waals surface area contributed by atoms with E-state index in [2.05, 4.69) is 0 Å². The Hall–Kier alpha value is -1.17. The first-order valence-corrected chi connectivity index (χ1v) is 8.16. The van der Waals surface area contributed by atoms with E-state index < -0.39 is 25.3 Å². The molecule has 0 aliphatic carbocycles. The first kappa shape index (κ1) is 13.8. The van der Waals surface area contributed by atoms with Crippen LogP contribution in [-0.4, -0.2) is 25.3 Å². The molecule has 6 heteroatoms. The molecule has 5 nitrogen and oxygen atoms in total. The highest BCUT2D eigenvalue weighted by Gasteiger charge is 2.33. The molecule has 0 radical (unpaired) electrons. The van der Waals surface area contributed by atoms with E-state index in [1.165, 1.54) is 0 Å². The van der Waals surface area contributed by atoms with Gasteiger partial charge in [0.05, 0.1) is 0 Å². The molecule has 0 bridgehead atoms. The van der Waals surface area contributed by atoms with Crippen molar-refractivity contribution in [2.24, 2.45) is 0 Å². The van der Waals surface area contributed by atoms with E-state index in [1.54, 1.807) is 19.1 Å². The Labute approximate surface area is 90.4 Å². The molecule has 0 aromatic rings. The molecule has 15 heavy (non-hydrogen) atoms. The lowest BCUT2D eigenvalue weighted by molar-refractivity contribution is -0.508. The summed E-state index contributed by atoms with van der Waals surface area (Å²) < 4.78 is 5.08. The van der Waals surface area contributed by atoms with E-state index >= 15 is 0 Å². The third-order valence-electron chi connectivity index (χ3n) is 1.53. The van der Waals surface area contributed by atoms with Crippen LogP contribution in [0.1, 0.15) is 13.3 Å². The summed E-state index contributed by atoms with van der Waals surface area (Å²) in [6.07, 6.45) is 3.37. The van der Waals surface area contributed by atoms with Crippen molar-refractivity contribution in [2.75, 3.05) is 0 Å². The molecule has 0 amide bonds. The highest BCUT2D eigenvalue weighted by Crippen LogP contribution is 2.09. The molecule has 0 heterocycles. The zero-order chi connectivity index (χ0) is 12.1. The van der Waals surface area contributed by atoms with E-state index in [4.69, 9.17) is 4.43 Å². The van der Waals surface area contributed by atoms with Crippen molar-refractivity contribution in [3.05, 3.63) is 22.3 Å². The molecule has 1 atom stereocenters. The van der Waals surface area contributed by atoms with Crippen LogP contribution in [0.5, 0.6) is 0 Å². The number of rotatable bonds is 5. The highest BCUT2D eigenvalue weighted by molar-refractivity contribution is 6.71. The lowest BCUT2D eigenvalue weighted by atomic mass is 10.2. The van der Waals surface area contributed by atoms with Crippen LogP contribution in [0.25, 0.3) is 0 Å². The Kier molecular flexibility index (Phi) is 5.20. The van der Waals surface area contributed by atoms with Crippen LogP contribution in [-0.2, 0) is 9.22 Å². The van der Waals surface area contributed by atoms with Crippen molar-refractivity contribution in [3.8, 4) is 0 Å². The molecule has 0 aliphatic heterocycles. The van der Waals surface area contributed by atoms with Crippen LogP contribution >= 0.6 is 0 Å². The first-order valence-electron chi connectivity index (χ1n) is 4.75. The van der Waals surface area contributed by atoms with E-state index in [0.717, 1.165) is 0 Å². The fourth-order valence-corrected chi connectivity index (χ4v) is 1.64. The molecule has 86 valence electrons. The van der Waals surface area contributed by atoms with Gasteiger partial charge in [0.1, 0.15) is 0 Å². The standard InChI is InChI=1S/C9H17NO4Si/c1-5-6-7-8(10(12)13)9(11)14-15(2,3)4/h5-6,8H,7H2,1-4H3/b6-5+. The molecule has 0 aliphatic rings. The number of carbonyl (C=O) groups excluding carboxylic acids is 1. The van der Waals surface area contributed by atoms with Gasteiger partial charge in [-0.1, -0.05) is 12.2 Å². The second kappa shape index (κ2) is 5.65. The quantitative estimate of drug-likeness (QED) is 0.314. The van der Waals surface area contributed by atoms with Gasteiger partial charge in [0.15, 0.2) is 0 Å². The zero-order valence-electron chi connectivity index (χ0n) is 9.52. The average Bonchev–Trinajstić information content (AvgIpc) is 2.00. The van der Waals surface area contributed by atoms with Crippen LogP contribution in [0.2, 0.25) is 19.6 Å². The Morgan fingerprint density at radius 1 is 1.53 bits per heavy atom. The monoisotopic (exact) mass is 231 g/mol. The summed E-state index contributed by atoms with van der Waals surface area (Å²) in [6, 6.07) is -1.27. The van der Waals surface area contributed by atoms with E-state index in [0.29, 0.717) is 0 Å². The van der Waals surface area contributed by atoms with E-state index in [1.807, 2.05) is 19.6 Å². The largest absolute Gasteiger partial charge is 0.515 e. The maximum atomic E-state index is 11.4. The van der Waals surface area contributed by atoms with Gasteiger partial charge in [0.2, 0.25) is 8.32 Å². The second-order valence-corrected chi connectivity index (χ2v) is 8.57. The minimum atomic E-state index is -2.05. The van der Waals surface area contributed by atoms with Gasteiger partial charge in [-0.05, 0) is 26.6 Å². The predicted molar refractivity (Wildman–Crippen MR) is 59.7 cm³/mol. The van der Waals surface area contributed by atoms with Crippen LogP contribution in [0.4, 0.5) is 0 Å². The van der Waals surface area contributed by atoms with Gasteiger partial charge in [-0.15, -0.1) is 0 Å². The number of carbonyl (C=O) groups is 1. The zero-order valence-corrected chi connectivity index (χ0v) is 10.5. The van der Waals surface area contributed by atoms with Gasteiger partial charge in [-0.25, -0.2) is 4.79 Å². The number of hydrogen-bond acceptors (Lipinski definition) is 4. The summed E-state index contributed by atoms with van der Waals surface area (Å²) in [7, 11) is -2.05. The van der Waals surface area contributed by atoms with Crippen molar-refractivity contribution in [2.45, 2.75) is 39.0 Å². The van der Waals surface area contributed by atoms with Crippen LogP contribution < -0.4 is 0 Å². The molecule has 0 aromatic carbocycles. The number of allylic oxidation sites excluding steroid dienone is 1. The van der Waals surface area contributed by atoms with Crippen LogP contribution in [0.3, 0.4) is 0 Å². The first-order chi connectivity index (χ1) is 6.78. The Morgan fingerprint density at radius 3 is 2.40 bits per heavy atom. The minimum absolute atomic E-state index is 0.0901. The molecule has 0 rings (SSSR count). The number of nitro groups is 1. The number of hydrogen-bond donors (Lipinski definition) is 0. The van der Waals surface area contributed by atoms with Crippen molar-refractivity contribution in [1.82, 2.24) is 0 Å².